The van der Waals surface area contributed by atoms with E-state index in [1.54, 1.807) is 37.3 Å². The topological polar surface area (TPSA) is 126 Å². The predicted molar refractivity (Wildman–Crippen MR) is 123 cm³/mol. The van der Waals surface area contributed by atoms with Crippen molar-refractivity contribution in [3.63, 3.8) is 0 Å². The molecule has 0 saturated heterocycles. The van der Waals surface area contributed by atoms with Gasteiger partial charge >= 0.3 is 5.97 Å². The summed E-state index contributed by atoms with van der Waals surface area (Å²) in [6, 6.07) is 13.4. The Kier molecular flexibility index (Phi) is 9.05. The number of aryl methyl sites for hydroxylation is 1. The van der Waals surface area contributed by atoms with Gasteiger partial charge in [-0.1, -0.05) is 17.7 Å². The summed E-state index contributed by atoms with van der Waals surface area (Å²) in [5.41, 5.74) is 7.04. The Morgan fingerprint density at radius 2 is 1.66 bits per heavy atom. The number of amides is 3. The van der Waals surface area contributed by atoms with E-state index in [2.05, 4.69) is 26.2 Å². The van der Waals surface area contributed by atoms with Crippen LogP contribution in [-0.4, -0.2) is 35.4 Å². The van der Waals surface area contributed by atoms with E-state index in [4.69, 9.17) is 12.2 Å². The van der Waals surface area contributed by atoms with Crippen LogP contribution in [0.1, 0.15) is 33.2 Å². The molecule has 0 aliphatic carbocycles. The quantitative estimate of drug-likeness (QED) is 0.228. The van der Waals surface area contributed by atoms with Crippen molar-refractivity contribution in [3.05, 3.63) is 77.4 Å². The predicted octanol–water partition coefficient (Wildman–Crippen LogP) is 2.00. The number of nitrogens with one attached hydrogen (secondary N) is 4. The van der Waals surface area contributed by atoms with Gasteiger partial charge in [-0.2, -0.15) is 0 Å². The van der Waals surface area contributed by atoms with Gasteiger partial charge in [0.1, 0.15) is 0 Å². The molecule has 0 atom stereocenters. The van der Waals surface area contributed by atoms with Gasteiger partial charge in [-0.15, -0.1) is 0 Å². The lowest BCUT2D eigenvalue weighted by atomic mass is 10.1. The molecule has 2 rings (SSSR count). The van der Waals surface area contributed by atoms with Crippen LogP contribution < -0.4 is 21.5 Å². The molecule has 32 heavy (non-hydrogen) atoms. The van der Waals surface area contributed by atoms with Crippen LogP contribution in [-0.2, 0) is 14.3 Å². The zero-order chi connectivity index (χ0) is 23.5. The van der Waals surface area contributed by atoms with Gasteiger partial charge in [0.15, 0.2) is 5.11 Å². The largest absolute Gasteiger partial charge is 0.463 e. The summed E-state index contributed by atoms with van der Waals surface area (Å²) in [5.74, 6) is -2.10. The van der Waals surface area contributed by atoms with Crippen LogP contribution in [0.2, 0.25) is 0 Å². The number of anilines is 1. The van der Waals surface area contributed by atoms with Crippen molar-refractivity contribution in [2.45, 2.75) is 13.8 Å². The number of ether oxygens (including phenoxy) is 1. The second kappa shape index (κ2) is 12.0. The first-order valence-electron chi connectivity index (χ1n) is 9.52. The van der Waals surface area contributed by atoms with E-state index in [1.165, 1.54) is 12.1 Å². The third-order valence-corrected chi connectivity index (χ3v) is 4.07. The van der Waals surface area contributed by atoms with Crippen molar-refractivity contribution in [3.8, 4) is 0 Å². The molecule has 0 radical (unpaired) electrons. The molecular weight excluding hydrogens is 432 g/mol. The van der Waals surface area contributed by atoms with Gasteiger partial charge in [0.25, 0.3) is 11.8 Å². The maximum Gasteiger partial charge on any atom is 0.330 e. The highest BCUT2D eigenvalue weighted by atomic mass is 32.1. The number of carbonyl (C=O) groups excluding carboxylic acids is 4. The number of hydrogen-bond donors (Lipinski definition) is 4. The monoisotopic (exact) mass is 454 g/mol. The van der Waals surface area contributed by atoms with Crippen molar-refractivity contribution < 1.29 is 23.9 Å². The standard InChI is InChI=1S/C22H22N4O5S/c1-3-31-19(28)12-11-18(27)24-22(32)26-25-21(30)15-7-9-17(10-8-15)23-20(29)16-6-4-5-14(2)13-16/h4-13H,3H2,1-2H3,(H,23,29)(H,25,30)(H2,24,26,27,32)/b12-11+. The third-order valence-electron chi connectivity index (χ3n) is 3.87. The lowest BCUT2D eigenvalue weighted by molar-refractivity contribution is -0.137. The molecule has 0 aliphatic heterocycles. The Balaban J connectivity index is 1.82. The van der Waals surface area contributed by atoms with Crippen molar-refractivity contribution in [1.29, 1.82) is 0 Å². The van der Waals surface area contributed by atoms with Crippen LogP contribution >= 0.6 is 12.2 Å². The molecule has 2 aromatic carbocycles. The summed E-state index contributed by atoms with van der Waals surface area (Å²) in [4.78, 5) is 47.3. The molecule has 0 heterocycles. The molecule has 10 heteroatoms. The van der Waals surface area contributed by atoms with Crippen LogP contribution in [0.5, 0.6) is 0 Å². The van der Waals surface area contributed by atoms with Crippen molar-refractivity contribution in [2.75, 3.05) is 11.9 Å². The van der Waals surface area contributed by atoms with Gasteiger partial charge < -0.3 is 10.1 Å². The molecule has 0 bridgehead atoms. The molecule has 0 unspecified atom stereocenters. The Morgan fingerprint density at radius 1 is 0.938 bits per heavy atom. The summed E-state index contributed by atoms with van der Waals surface area (Å²) in [7, 11) is 0. The molecular formula is C22H22N4O5S. The van der Waals surface area contributed by atoms with E-state index in [0.29, 0.717) is 16.8 Å². The first-order valence-corrected chi connectivity index (χ1v) is 9.93. The molecule has 9 nitrogen and oxygen atoms in total. The Bertz CT molecular complexity index is 1050. The fourth-order valence-electron chi connectivity index (χ4n) is 2.40. The zero-order valence-electron chi connectivity index (χ0n) is 17.4. The SMILES string of the molecule is CCOC(=O)/C=C/C(=O)NC(=S)NNC(=O)c1ccc(NC(=O)c2cccc(C)c2)cc1. The van der Waals surface area contributed by atoms with E-state index >= 15 is 0 Å². The lowest BCUT2D eigenvalue weighted by Crippen LogP contribution is -2.48. The molecule has 4 N–H and O–H groups in total. The first-order chi connectivity index (χ1) is 15.3. The molecule has 3 amide bonds. The number of esters is 1. The average molecular weight is 455 g/mol. The van der Waals surface area contributed by atoms with Crippen LogP contribution in [0.25, 0.3) is 0 Å². The average Bonchev–Trinajstić information content (AvgIpc) is 2.77. The van der Waals surface area contributed by atoms with Gasteiger partial charge in [-0.25, -0.2) is 4.79 Å². The molecule has 2 aromatic rings. The minimum Gasteiger partial charge on any atom is -0.463 e. The smallest absolute Gasteiger partial charge is 0.330 e. The maximum atomic E-state index is 12.3. The van der Waals surface area contributed by atoms with Gasteiger partial charge in [0, 0.05) is 29.0 Å². The second-order valence-electron chi connectivity index (χ2n) is 6.38. The van der Waals surface area contributed by atoms with Crippen LogP contribution in [0.4, 0.5) is 5.69 Å². The second-order valence-corrected chi connectivity index (χ2v) is 6.79. The van der Waals surface area contributed by atoms with Gasteiger partial charge in [0.05, 0.1) is 6.61 Å². The first kappa shape index (κ1) is 24.2. The summed E-state index contributed by atoms with van der Waals surface area (Å²) in [6.45, 7) is 3.73. The van der Waals surface area contributed by atoms with Crippen LogP contribution in [0, 0.1) is 6.92 Å². The summed E-state index contributed by atoms with van der Waals surface area (Å²) < 4.78 is 4.65. The molecule has 0 fully saturated rings. The number of hydrogen-bond acceptors (Lipinski definition) is 6. The fraction of sp³-hybridized carbons (Fsp3) is 0.136. The van der Waals surface area contributed by atoms with E-state index < -0.39 is 17.8 Å². The fourth-order valence-corrected chi connectivity index (χ4v) is 2.55. The number of carbonyl (C=O) groups is 4. The summed E-state index contributed by atoms with van der Waals surface area (Å²) in [6.07, 6.45) is 1.91. The van der Waals surface area contributed by atoms with Crippen LogP contribution in [0.15, 0.2) is 60.7 Å². The molecule has 166 valence electrons. The molecule has 0 aliphatic rings. The molecule has 0 saturated carbocycles. The number of benzene rings is 2. The number of thiocarbonyl (C=S) groups is 1. The van der Waals surface area contributed by atoms with Crippen molar-refractivity contribution in [2.24, 2.45) is 0 Å². The normalized spacial score (nSPS) is 10.2. The minimum absolute atomic E-state index is 0.168. The zero-order valence-corrected chi connectivity index (χ0v) is 18.2. The van der Waals surface area contributed by atoms with Gasteiger partial charge in [0.2, 0.25) is 5.91 Å². The Hall–Kier alpha value is -4.05. The van der Waals surface area contributed by atoms with E-state index in [-0.39, 0.29) is 17.6 Å². The maximum absolute atomic E-state index is 12.3. The summed E-state index contributed by atoms with van der Waals surface area (Å²) >= 11 is 4.90. The van der Waals surface area contributed by atoms with E-state index in [0.717, 1.165) is 17.7 Å². The summed E-state index contributed by atoms with van der Waals surface area (Å²) in [5, 5.41) is 4.85. The van der Waals surface area contributed by atoms with Gasteiger partial charge in [-0.05, 0) is 62.5 Å². The molecule has 0 aromatic heterocycles. The van der Waals surface area contributed by atoms with Crippen molar-refractivity contribution >= 4 is 46.7 Å². The highest BCUT2D eigenvalue weighted by Crippen LogP contribution is 2.12. The van der Waals surface area contributed by atoms with Crippen molar-refractivity contribution in [1.82, 2.24) is 16.2 Å². The number of rotatable bonds is 6. The third kappa shape index (κ3) is 8.00. The van der Waals surface area contributed by atoms with Crippen LogP contribution in [0.3, 0.4) is 0 Å². The van der Waals surface area contributed by atoms with E-state index in [1.807, 2.05) is 13.0 Å². The highest BCUT2D eigenvalue weighted by Gasteiger charge is 2.09. The minimum atomic E-state index is -0.668. The van der Waals surface area contributed by atoms with Gasteiger partial charge in [-0.3, -0.25) is 30.6 Å². The lowest BCUT2D eigenvalue weighted by Gasteiger charge is -2.10. The Morgan fingerprint density at radius 3 is 2.31 bits per heavy atom. The number of hydrazine groups is 1. The molecule has 0 spiro atoms. The van der Waals surface area contributed by atoms with E-state index in [9.17, 15) is 19.2 Å². The highest BCUT2D eigenvalue weighted by molar-refractivity contribution is 7.80. The Labute approximate surface area is 190 Å².